The number of nitrogens with two attached hydrogens (primary N) is 1. The third kappa shape index (κ3) is 3.52. The largest absolute Gasteiger partial charge is 0.493 e. The van der Waals surface area contributed by atoms with E-state index in [0.717, 1.165) is 16.9 Å². The SMILES string of the molecule is COc1cc([C@H](C)N)ccc1OCc1cccc(C)c1. The minimum atomic E-state index is -0.0188. The minimum absolute atomic E-state index is 0.0188. The molecule has 0 saturated carbocycles. The Morgan fingerprint density at radius 1 is 1.10 bits per heavy atom. The summed E-state index contributed by atoms with van der Waals surface area (Å²) in [6, 6.07) is 14.1. The third-order valence-corrected chi connectivity index (χ3v) is 3.19. The molecule has 2 rings (SSSR count). The van der Waals surface area contributed by atoms with Gasteiger partial charge in [0.15, 0.2) is 11.5 Å². The van der Waals surface area contributed by atoms with E-state index in [0.29, 0.717) is 12.4 Å². The molecule has 2 aromatic carbocycles. The molecule has 0 heterocycles. The first kappa shape index (κ1) is 14.4. The van der Waals surface area contributed by atoms with Gasteiger partial charge in [-0.15, -0.1) is 0 Å². The monoisotopic (exact) mass is 271 g/mol. The molecule has 0 amide bonds. The highest BCUT2D eigenvalue weighted by Gasteiger charge is 2.08. The van der Waals surface area contributed by atoms with Gasteiger partial charge in [-0.3, -0.25) is 0 Å². The van der Waals surface area contributed by atoms with E-state index in [1.807, 2.05) is 31.2 Å². The van der Waals surface area contributed by atoms with Gasteiger partial charge in [0.05, 0.1) is 7.11 Å². The maximum Gasteiger partial charge on any atom is 0.161 e. The van der Waals surface area contributed by atoms with Crippen molar-refractivity contribution in [2.24, 2.45) is 5.73 Å². The fourth-order valence-corrected chi connectivity index (χ4v) is 2.05. The van der Waals surface area contributed by atoms with Crippen LogP contribution in [-0.2, 0) is 6.61 Å². The number of benzene rings is 2. The highest BCUT2D eigenvalue weighted by molar-refractivity contribution is 5.43. The molecule has 0 aliphatic heterocycles. The van der Waals surface area contributed by atoms with Crippen LogP contribution < -0.4 is 15.2 Å². The van der Waals surface area contributed by atoms with Crippen LogP contribution in [0.3, 0.4) is 0 Å². The summed E-state index contributed by atoms with van der Waals surface area (Å²) < 4.78 is 11.2. The average molecular weight is 271 g/mol. The van der Waals surface area contributed by atoms with Crippen molar-refractivity contribution in [3.63, 3.8) is 0 Å². The molecule has 106 valence electrons. The first-order valence-electron chi connectivity index (χ1n) is 6.72. The van der Waals surface area contributed by atoms with Crippen LogP contribution in [0, 0.1) is 6.92 Å². The quantitative estimate of drug-likeness (QED) is 0.903. The van der Waals surface area contributed by atoms with Gasteiger partial charge in [-0.25, -0.2) is 0 Å². The molecule has 0 aliphatic rings. The van der Waals surface area contributed by atoms with Crippen molar-refractivity contribution in [2.75, 3.05) is 7.11 Å². The van der Waals surface area contributed by atoms with Crippen LogP contribution >= 0.6 is 0 Å². The van der Waals surface area contributed by atoms with Crippen LogP contribution in [0.5, 0.6) is 11.5 Å². The number of ether oxygens (including phenoxy) is 2. The van der Waals surface area contributed by atoms with Gasteiger partial charge in [-0.1, -0.05) is 35.9 Å². The predicted molar refractivity (Wildman–Crippen MR) is 81.1 cm³/mol. The second kappa shape index (κ2) is 6.44. The Morgan fingerprint density at radius 3 is 2.55 bits per heavy atom. The van der Waals surface area contributed by atoms with E-state index in [1.165, 1.54) is 5.56 Å². The molecule has 3 nitrogen and oxygen atoms in total. The number of aryl methyl sites for hydroxylation is 1. The van der Waals surface area contributed by atoms with E-state index in [-0.39, 0.29) is 6.04 Å². The zero-order chi connectivity index (χ0) is 14.5. The first-order chi connectivity index (χ1) is 9.60. The molecule has 0 spiro atoms. The minimum Gasteiger partial charge on any atom is -0.493 e. The fourth-order valence-electron chi connectivity index (χ4n) is 2.05. The molecule has 2 aromatic rings. The molecule has 0 bridgehead atoms. The van der Waals surface area contributed by atoms with Gasteiger partial charge < -0.3 is 15.2 Å². The normalized spacial score (nSPS) is 12.0. The highest BCUT2D eigenvalue weighted by Crippen LogP contribution is 2.30. The molecule has 0 unspecified atom stereocenters. The Balaban J connectivity index is 2.13. The van der Waals surface area contributed by atoms with E-state index < -0.39 is 0 Å². The van der Waals surface area contributed by atoms with Gasteiger partial charge in [0.1, 0.15) is 6.61 Å². The summed E-state index contributed by atoms with van der Waals surface area (Å²) in [7, 11) is 1.64. The number of hydrogen-bond acceptors (Lipinski definition) is 3. The van der Waals surface area contributed by atoms with Crippen molar-refractivity contribution in [1.29, 1.82) is 0 Å². The number of methoxy groups -OCH3 is 1. The average Bonchev–Trinajstić information content (AvgIpc) is 2.45. The smallest absolute Gasteiger partial charge is 0.161 e. The van der Waals surface area contributed by atoms with Crippen LogP contribution in [-0.4, -0.2) is 7.11 Å². The highest BCUT2D eigenvalue weighted by atomic mass is 16.5. The lowest BCUT2D eigenvalue weighted by atomic mass is 10.1. The molecule has 0 fully saturated rings. The summed E-state index contributed by atoms with van der Waals surface area (Å²) in [5.74, 6) is 1.45. The van der Waals surface area contributed by atoms with Crippen molar-refractivity contribution in [3.8, 4) is 11.5 Å². The standard InChI is InChI=1S/C17H21NO2/c1-12-5-4-6-14(9-12)11-20-16-8-7-15(13(2)18)10-17(16)19-3/h4-10,13H,11,18H2,1-3H3/t13-/m0/s1. The zero-order valence-electron chi connectivity index (χ0n) is 12.2. The van der Waals surface area contributed by atoms with Crippen LogP contribution in [0.2, 0.25) is 0 Å². The molecular formula is C17H21NO2. The Bertz CT molecular complexity index is 579. The lowest BCUT2D eigenvalue weighted by Gasteiger charge is -2.14. The molecular weight excluding hydrogens is 250 g/mol. The van der Waals surface area contributed by atoms with Crippen LogP contribution in [0.15, 0.2) is 42.5 Å². The van der Waals surface area contributed by atoms with Crippen molar-refractivity contribution in [3.05, 3.63) is 59.2 Å². The van der Waals surface area contributed by atoms with Crippen molar-refractivity contribution in [2.45, 2.75) is 26.5 Å². The fraction of sp³-hybridized carbons (Fsp3) is 0.294. The summed E-state index contributed by atoms with van der Waals surface area (Å²) in [5, 5.41) is 0. The van der Waals surface area contributed by atoms with Gasteiger partial charge in [0.25, 0.3) is 0 Å². The van der Waals surface area contributed by atoms with Gasteiger partial charge in [0.2, 0.25) is 0 Å². The lowest BCUT2D eigenvalue weighted by Crippen LogP contribution is -2.05. The third-order valence-electron chi connectivity index (χ3n) is 3.19. The van der Waals surface area contributed by atoms with Crippen LogP contribution in [0.4, 0.5) is 0 Å². The van der Waals surface area contributed by atoms with E-state index in [2.05, 4.69) is 25.1 Å². The first-order valence-corrected chi connectivity index (χ1v) is 6.72. The molecule has 0 aliphatic carbocycles. The summed E-state index contributed by atoms with van der Waals surface area (Å²) >= 11 is 0. The van der Waals surface area contributed by atoms with Gasteiger partial charge >= 0.3 is 0 Å². The molecule has 20 heavy (non-hydrogen) atoms. The summed E-state index contributed by atoms with van der Waals surface area (Å²) in [5.41, 5.74) is 9.27. The molecule has 0 radical (unpaired) electrons. The number of rotatable bonds is 5. The van der Waals surface area contributed by atoms with E-state index in [4.69, 9.17) is 15.2 Å². The van der Waals surface area contributed by atoms with Crippen molar-refractivity contribution < 1.29 is 9.47 Å². The van der Waals surface area contributed by atoms with Crippen molar-refractivity contribution in [1.82, 2.24) is 0 Å². The topological polar surface area (TPSA) is 44.5 Å². The van der Waals surface area contributed by atoms with Gasteiger partial charge in [-0.05, 0) is 37.1 Å². The lowest BCUT2D eigenvalue weighted by molar-refractivity contribution is 0.284. The maximum absolute atomic E-state index is 5.87. The Hall–Kier alpha value is -2.00. The molecule has 2 N–H and O–H groups in total. The summed E-state index contributed by atoms with van der Waals surface area (Å²) in [6.07, 6.45) is 0. The molecule has 0 aromatic heterocycles. The van der Waals surface area contributed by atoms with Crippen LogP contribution in [0.25, 0.3) is 0 Å². The van der Waals surface area contributed by atoms with Crippen LogP contribution in [0.1, 0.15) is 29.7 Å². The van der Waals surface area contributed by atoms with E-state index in [9.17, 15) is 0 Å². The molecule has 1 atom stereocenters. The van der Waals surface area contributed by atoms with E-state index >= 15 is 0 Å². The second-order valence-electron chi connectivity index (χ2n) is 4.98. The maximum atomic E-state index is 5.87. The number of hydrogen-bond donors (Lipinski definition) is 1. The van der Waals surface area contributed by atoms with Gasteiger partial charge in [-0.2, -0.15) is 0 Å². The Labute approximate surface area is 120 Å². The molecule has 3 heteroatoms. The Morgan fingerprint density at radius 2 is 1.90 bits per heavy atom. The zero-order valence-corrected chi connectivity index (χ0v) is 12.2. The Kier molecular flexibility index (Phi) is 4.64. The van der Waals surface area contributed by atoms with Crippen molar-refractivity contribution >= 4 is 0 Å². The summed E-state index contributed by atoms with van der Waals surface area (Å²) in [4.78, 5) is 0. The van der Waals surface area contributed by atoms with E-state index in [1.54, 1.807) is 7.11 Å². The predicted octanol–water partition coefficient (Wildman–Crippen LogP) is 3.60. The van der Waals surface area contributed by atoms with Gasteiger partial charge in [0, 0.05) is 6.04 Å². The summed E-state index contributed by atoms with van der Waals surface area (Å²) in [6.45, 7) is 4.54. The molecule has 0 saturated heterocycles. The second-order valence-corrected chi connectivity index (χ2v) is 4.98.